The van der Waals surface area contributed by atoms with E-state index in [9.17, 15) is 14.4 Å². The summed E-state index contributed by atoms with van der Waals surface area (Å²) in [5, 5.41) is 8.06. The Morgan fingerprint density at radius 3 is 2.66 bits per heavy atom. The molecule has 9 heteroatoms. The second-order valence-electron chi connectivity index (χ2n) is 7.28. The molecule has 0 spiro atoms. The monoisotopic (exact) mass is 422 g/mol. The van der Waals surface area contributed by atoms with Gasteiger partial charge in [0.2, 0.25) is 5.91 Å². The van der Waals surface area contributed by atoms with Crippen molar-refractivity contribution in [3.8, 4) is 0 Å². The quantitative estimate of drug-likeness (QED) is 0.680. The number of hydrogen-bond donors (Lipinski definition) is 2. The molecule has 0 saturated carbocycles. The summed E-state index contributed by atoms with van der Waals surface area (Å²) in [6, 6.07) is 2.34. The highest BCUT2D eigenvalue weighted by Crippen LogP contribution is 2.44. The molecule has 2 aliphatic heterocycles. The maximum Gasteiger partial charge on any atom is 0.318 e. The number of hydrogen-bond acceptors (Lipinski definition) is 6. The van der Waals surface area contributed by atoms with E-state index in [0.29, 0.717) is 19.6 Å². The molecule has 8 nitrogen and oxygen atoms in total. The minimum atomic E-state index is -0.675. The second kappa shape index (κ2) is 10.1. The largest absolute Gasteiger partial charge is 0.466 e. The van der Waals surface area contributed by atoms with Crippen molar-refractivity contribution in [2.75, 3.05) is 39.3 Å². The number of nitrogens with one attached hydrogen (secondary N) is 2. The Bertz CT molecular complexity index is 705. The van der Waals surface area contributed by atoms with Gasteiger partial charge < -0.3 is 25.2 Å². The van der Waals surface area contributed by atoms with E-state index in [-0.39, 0.29) is 30.9 Å². The molecule has 0 radical (unpaired) electrons. The maximum absolute atomic E-state index is 13.4. The van der Waals surface area contributed by atoms with Crippen LogP contribution in [-0.4, -0.2) is 73.1 Å². The molecule has 2 saturated heterocycles. The summed E-state index contributed by atoms with van der Waals surface area (Å²) in [6.07, 6.45) is 1.07. The highest BCUT2D eigenvalue weighted by Gasteiger charge is 2.52. The predicted molar refractivity (Wildman–Crippen MR) is 111 cm³/mol. The van der Waals surface area contributed by atoms with Crippen molar-refractivity contribution in [2.45, 2.75) is 38.8 Å². The average Bonchev–Trinajstić information content (AvgIpc) is 3.40. The van der Waals surface area contributed by atoms with Gasteiger partial charge in [-0.25, -0.2) is 4.79 Å². The summed E-state index contributed by atoms with van der Waals surface area (Å²) in [5.41, 5.74) is 0. The summed E-state index contributed by atoms with van der Waals surface area (Å²) in [5.74, 6) is -1.00. The third kappa shape index (κ3) is 4.72. The number of carbonyl (C=O) groups excluding carboxylic acids is 3. The molecule has 2 aliphatic rings. The molecule has 0 aliphatic carbocycles. The van der Waals surface area contributed by atoms with Crippen molar-refractivity contribution in [1.82, 2.24) is 20.4 Å². The van der Waals surface area contributed by atoms with Gasteiger partial charge in [0.25, 0.3) is 0 Å². The first-order valence-corrected chi connectivity index (χ1v) is 11.2. The number of piperazine rings is 1. The normalized spacial score (nSPS) is 24.4. The van der Waals surface area contributed by atoms with Crippen molar-refractivity contribution in [2.24, 2.45) is 5.92 Å². The zero-order valence-corrected chi connectivity index (χ0v) is 17.9. The summed E-state index contributed by atoms with van der Waals surface area (Å²) < 4.78 is 5.31. The fourth-order valence-electron chi connectivity index (χ4n) is 4.05. The molecule has 0 bridgehead atoms. The molecule has 3 amide bonds. The first kappa shape index (κ1) is 21.6. The van der Waals surface area contributed by atoms with Crippen LogP contribution in [0.3, 0.4) is 0 Å². The number of esters is 1. The van der Waals surface area contributed by atoms with E-state index < -0.39 is 18.0 Å². The van der Waals surface area contributed by atoms with Crippen LogP contribution in [0.4, 0.5) is 4.79 Å². The van der Waals surface area contributed by atoms with Gasteiger partial charge in [-0.2, -0.15) is 0 Å². The second-order valence-corrected chi connectivity index (χ2v) is 8.26. The van der Waals surface area contributed by atoms with Crippen LogP contribution < -0.4 is 10.6 Å². The van der Waals surface area contributed by atoms with Gasteiger partial charge in [0, 0.05) is 37.6 Å². The van der Waals surface area contributed by atoms with E-state index >= 15 is 0 Å². The zero-order valence-electron chi connectivity index (χ0n) is 17.1. The Balaban J connectivity index is 1.94. The molecule has 3 heterocycles. The lowest BCUT2D eigenvalue weighted by atomic mass is 9.97. The van der Waals surface area contributed by atoms with E-state index in [1.54, 1.807) is 16.7 Å². The summed E-state index contributed by atoms with van der Waals surface area (Å²) in [4.78, 5) is 43.5. The maximum atomic E-state index is 13.4. The number of carbonyl (C=O) groups is 3. The molecule has 2 N–H and O–H groups in total. The molecule has 0 aromatic carbocycles. The number of rotatable bonds is 6. The number of ether oxygens (including phenoxy) is 1. The predicted octanol–water partition coefficient (Wildman–Crippen LogP) is 1.59. The minimum Gasteiger partial charge on any atom is -0.466 e. The standard InChI is InChI=1S/C20H30N4O4S/c1-3-7-22-20(27)24-15(18(25)23-10-8-21-9-11-23)13-14(19(26)28-4-2)17(24)16-6-5-12-29-16/h5-6,12,14-15,17,21H,3-4,7-11,13H2,1-2H3,(H,22,27). The van der Waals surface area contributed by atoms with Crippen LogP contribution in [0.25, 0.3) is 0 Å². The summed E-state index contributed by atoms with van der Waals surface area (Å²) in [7, 11) is 0. The van der Waals surface area contributed by atoms with Crippen LogP contribution in [0.1, 0.15) is 37.6 Å². The van der Waals surface area contributed by atoms with Crippen molar-refractivity contribution >= 4 is 29.2 Å². The Hall–Kier alpha value is -2.13. The Morgan fingerprint density at radius 2 is 2.03 bits per heavy atom. The van der Waals surface area contributed by atoms with Gasteiger partial charge in [-0.1, -0.05) is 13.0 Å². The Labute approximate surface area is 175 Å². The molecule has 2 fully saturated rings. The van der Waals surface area contributed by atoms with Crippen molar-refractivity contribution < 1.29 is 19.1 Å². The third-order valence-corrected chi connectivity index (χ3v) is 6.34. The van der Waals surface area contributed by atoms with Gasteiger partial charge in [0.15, 0.2) is 0 Å². The van der Waals surface area contributed by atoms with E-state index in [4.69, 9.17) is 4.74 Å². The smallest absolute Gasteiger partial charge is 0.318 e. The molecular formula is C20H30N4O4S. The first-order valence-electron chi connectivity index (χ1n) is 10.3. The van der Waals surface area contributed by atoms with Gasteiger partial charge in [0.1, 0.15) is 6.04 Å². The molecule has 1 aromatic rings. The lowest BCUT2D eigenvalue weighted by Crippen LogP contribution is -2.55. The highest BCUT2D eigenvalue weighted by atomic mass is 32.1. The van der Waals surface area contributed by atoms with Crippen LogP contribution in [0.15, 0.2) is 17.5 Å². The van der Waals surface area contributed by atoms with Gasteiger partial charge in [-0.3, -0.25) is 9.59 Å². The van der Waals surface area contributed by atoms with Crippen molar-refractivity contribution in [3.63, 3.8) is 0 Å². The fraction of sp³-hybridized carbons (Fsp3) is 0.650. The topological polar surface area (TPSA) is 91.0 Å². The van der Waals surface area contributed by atoms with Gasteiger partial charge in [0.05, 0.1) is 18.6 Å². The van der Waals surface area contributed by atoms with Crippen molar-refractivity contribution in [1.29, 1.82) is 0 Å². The van der Waals surface area contributed by atoms with Crippen LogP contribution in [-0.2, 0) is 14.3 Å². The fourth-order valence-corrected chi connectivity index (χ4v) is 4.94. The lowest BCUT2D eigenvalue weighted by molar-refractivity contribution is -0.148. The number of thiophene rings is 1. The molecule has 3 unspecified atom stereocenters. The minimum absolute atomic E-state index is 0.0912. The van der Waals surface area contributed by atoms with Crippen LogP contribution in [0, 0.1) is 5.92 Å². The third-order valence-electron chi connectivity index (χ3n) is 5.39. The van der Waals surface area contributed by atoms with Crippen molar-refractivity contribution in [3.05, 3.63) is 22.4 Å². The number of nitrogens with zero attached hydrogens (tertiary/aromatic N) is 2. The van der Waals surface area contributed by atoms with Gasteiger partial charge in [-0.05, 0) is 31.2 Å². The highest BCUT2D eigenvalue weighted by molar-refractivity contribution is 7.10. The van der Waals surface area contributed by atoms with E-state index in [0.717, 1.165) is 24.4 Å². The van der Waals surface area contributed by atoms with Crippen LogP contribution in [0.2, 0.25) is 0 Å². The molecule has 3 atom stereocenters. The van der Waals surface area contributed by atoms with Crippen LogP contribution >= 0.6 is 11.3 Å². The average molecular weight is 423 g/mol. The molecule has 29 heavy (non-hydrogen) atoms. The van der Waals surface area contributed by atoms with Gasteiger partial charge >= 0.3 is 12.0 Å². The SMILES string of the molecule is CCCNC(=O)N1C(C(=O)N2CCNCC2)CC(C(=O)OCC)C1c1cccs1. The zero-order chi connectivity index (χ0) is 20.8. The first-order chi connectivity index (χ1) is 14.1. The molecular weight excluding hydrogens is 392 g/mol. The van der Waals surface area contributed by atoms with E-state index in [1.165, 1.54) is 11.3 Å². The molecule has 3 rings (SSSR count). The summed E-state index contributed by atoms with van der Waals surface area (Å²) >= 11 is 1.49. The number of amides is 3. The Kier molecular flexibility index (Phi) is 7.49. The Morgan fingerprint density at radius 1 is 1.28 bits per heavy atom. The number of urea groups is 1. The molecule has 1 aromatic heterocycles. The number of likely N-dealkylation sites (tertiary alicyclic amines) is 1. The van der Waals surface area contributed by atoms with E-state index in [2.05, 4.69) is 10.6 Å². The van der Waals surface area contributed by atoms with E-state index in [1.807, 2.05) is 24.4 Å². The lowest BCUT2D eigenvalue weighted by Gasteiger charge is -2.35. The molecule has 160 valence electrons. The van der Waals surface area contributed by atoms with Gasteiger partial charge in [-0.15, -0.1) is 11.3 Å². The van der Waals surface area contributed by atoms with Crippen LogP contribution in [0.5, 0.6) is 0 Å². The summed E-state index contributed by atoms with van der Waals surface area (Å²) in [6.45, 7) is 7.21.